The van der Waals surface area contributed by atoms with Gasteiger partial charge in [-0.25, -0.2) is 0 Å². The van der Waals surface area contributed by atoms with Crippen molar-refractivity contribution in [2.24, 2.45) is 5.92 Å². The smallest absolute Gasteiger partial charge is 0.0479 e. The Hall–Kier alpha value is -2.34. The minimum Gasteiger partial charge on any atom is -0.0622 e. The van der Waals surface area contributed by atoms with Gasteiger partial charge in [0.05, 0.1) is 0 Å². The van der Waals surface area contributed by atoms with Gasteiger partial charge in [-0.1, -0.05) is 117 Å². The van der Waals surface area contributed by atoms with Crippen molar-refractivity contribution in [2.75, 3.05) is 0 Å². The summed E-state index contributed by atoms with van der Waals surface area (Å²) in [7, 11) is 0. The van der Waals surface area contributed by atoms with Crippen molar-refractivity contribution in [3.8, 4) is 0 Å². The third-order valence-electron chi connectivity index (χ3n) is 6.15. The molecule has 1 saturated carbocycles. The summed E-state index contributed by atoms with van der Waals surface area (Å²) in [4.78, 5) is 0. The molecule has 0 bridgehead atoms. The Morgan fingerprint density at radius 2 is 0.808 bits per heavy atom. The van der Waals surface area contributed by atoms with Gasteiger partial charge < -0.3 is 0 Å². The lowest BCUT2D eigenvalue weighted by atomic mass is 9.60. The van der Waals surface area contributed by atoms with Gasteiger partial charge in [-0.2, -0.15) is 0 Å². The average Bonchev–Trinajstić information content (AvgIpc) is 3.01. The molecule has 0 amide bonds. The molecule has 132 valence electrons. The summed E-state index contributed by atoms with van der Waals surface area (Å²) < 4.78 is 0. The summed E-state index contributed by atoms with van der Waals surface area (Å²) in [5.74, 6) is 0.636. The van der Waals surface area contributed by atoms with Crippen LogP contribution >= 0.6 is 0 Å². The van der Waals surface area contributed by atoms with E-state index in [2.05, 4.69) is 91.0 Å². The van der Waals surface area contributed by atoms with Gasteiger partial charge in [-0.05, 0) is 35.4 Å². The van der Waals surface area contributed by atoms with Crippen molar-refractivity contribution in [1.82, 2.24) is 0 Å². The zero-order chi connectivity index (χ0) is 17.7. The van der Waals surface area contributed by atoms with Crippen molar-refractivity contribution in [2.45, 2.75) is 43.9 Å². The van der Waals surface area contributed by atoms with Gasteiger partial charge in [0.2, 0.25) is 0 Å². The summed E-state index contributed by atoms with van der Waals surface area (Å²) in [6.07, 6.45) is 8.06. The first-order valence-corrected chi connectivity index (χ1v) is 10.1. The zero-order valence-electron chi connectivity index (χ0n) is 15.5. The standard InChI is InChI=1S/C26H28/c1-2-7-15-22(14-6-1)26(23-16-8-3-9-17-23,24-18-10-4-11-19-24)25-20-12-5-13-21-25/h3-5,8-13,16-22H,1-2,6-7,14-15H2. The fraction of sp³-hybridized carbons (Fsp3) is 0.308. The highest BCUT2D eigenvalue weighted by atomic mass is 14.4. The SMILES string of the molecule is c1ccc(C(c2ccccc2)(c2ccccc2)C2CCCCCC2)cc1. The number of hydrogen-bond donors (Lipinski definition) is 0. The van der Waals surface area contributed by atoms with Crippen LogP contribution in [0.5, 0.6) is 0 Å². The third-order valence-corrected chi connectivity index (χ3v) is 6.15. The molecule has 1 aliphatic rings. The lowest BCUT2D eigenvalue weighted by Gasteiger charge is -2.43. The minimum atomic E-state index is -0.0614. The molecule has 0 heterocycles. The molecule has 0 spiro atoms. The molecule has 0 nitrogen and oxygen atoms in total. The zero-order valence-corrected chi connectivity index (χ0v) is 15.5. The van der Waals surface area contributed by atoms with Gasteiger partial charge in [0, 0.05) is 5.41 Å². The fourth-order valence-electron chi connectivity index (χ4n) is 5.02. The van der Waals surface area contributed by atoms with Gasteiger partial charge in [0.25, 0.3) is 0 Å². The average molecular weight is 341 g/mol. The predicted molar refractivity (Wildman–Crippen MR) is 110 cm³/mol. The molecule has 26 heavy (non-hydrogen) atoms. The van der Waals surface area contributed by atoms with Gasteiger partial charge >= 0.3 is 0 Å². The van der Waals surface area contributed by atoms with E-state index in [0.717, 1.165) is 0 Å². The molecule has 0 aliphatic heterocycles. The van der Waals surface area contributed by atoms with E-state index in [9.17, 15) is 0 Å². The van der Waals surface area contributed by atoms with Crippen LogP contribution in [0.25, 0.3) is 0 Å². The largest absolute Gasteiger partial charge is 0.0622 e. The molecule has 1 aliphatic carbocycles. The van der Waals surface area contributed by atoms with Gasteiger partial charge in [-0.3, -0.25) is 0 Å². The summed E-state index contributed by atoms with van der Waals surface area (Å²) in [5.41, 5.74) is 4.24. The molecule has 3 aromatic carbocycles. The van der Waals surface area contributed by atoms with E-state index in [0.29, 0.717) is 5.92 Å². The molecule has 0 N–H and O–H groups in total. The Balaban J connectivity index is 2.00. The maximum Gasteiger partial charge on any atom is 0.0479 e. The topological polar surface area (TPSA) is 0 Å². The van der Waals surface area contributed by atoms with Gasteiger partial charge in [-0.15, -0.1) is 0 Å². The predicted octanol–water partition coefficient (Wildman–Crippen LogP) is 6.99. The summed E-state index contributed by atoms with van der Waals surface area (Å²) >= 11 is 0. The lowest BCUT2D eigenvalue weighted by molar-refractivity contribution is 0.330. The summed E-state index contributed by atoms with van der Waals surface area (Å²) in [5, 5.41) is 0. The highest BCUT2D eigenvalue weighted by Crippen LogP contribution is 2.49. The van der Waals surface area contributed by atoms with Crippen molar-refractivity contribution < 1.29 is 0 Å². The first-order valence-electron chi connectivity index (χ1n) is 10.1. The van der Waals surface area contributed by atoms with Crippen molar-refractivity contribution >= 4 is 0 Å². The molecular weight excluding hydrogens is 312 g/mol. The van der Waals surface area contributed by atoms with Gasteiger partial charge in [0.1, 0.15) is 0 Å². The number of benzene rings is 3. The van der Waals surface area contributed by atoms with Crippen LogP contribution in [0.2, 0.25) is 0 Å². The van der Waals surface area contributed by atoms with E-state index in [4.69, 9.17) is 0 Å². The van der Waals surface area contributed by atoms with Crippen molar-refractivity contribution in [1.29, 1.82) is 0 Å². The second kappa shape index (κ2) is 7.91. The second-order valence-corrected chi connectivity index (χ2v) is 7.59. The molecule has 0 atom stereocenters. The first kappa shape index (κ1) is 17.1. The molecular formula is C26H28. The van der Waals surface area contributed by atoms with E-state index < -0.39 is 0 Å². The quantitative estimate of drug-likeness (QED) is 0.354. The van der Waals surface area contributed by atoms with Crippen molar-refractivity contribution in [3.63, 3.8) is 0 Å². The Morgan fingerprint density at radius 1 is 0.462 bits per heavy atom. The molecule has 0 radical (unpaired) electrons. The van der Waals surface area contributed by atoms with Crippen LogP contribution in [0, 0.1) is 5.92 Å². The van der Waals surface area contributed by atoms with Crippen LogP contribution in [-0.4, -0.2) is 0 Å². The van der Waals surface area contributed by atoms with Crippen LogP contribution in [0.4, 0.5) is 0 Å². The van der Waals surface area contributed by atoms with E-state index >= 15 is 0 Å². The molecule has 3 aromatic rings. The monoisotopic (exact) mass is 340 g/mol. The van der Waals surface area contributed by atoms with Crippen LogP contribution in [0.3, 0.4) is 0 Å². The number of hydrogen-bond acceptors (Lipinski definition) is 0. The molecule has 0 unspecified atom stereocenters. The van der Waals surface area contributed by atoms with E-state index in [1.165, 1.54) is 55.2 Å². The lowest BCUT2D eigenvalue weighted by Crippen LogP contribution is -2.38. The maximum atomic E-state index is 2.34. The van der Waals surface area contributed by atoms with Crippen LogP contribution < -0.4 is 0 Å². The molecule has 1 fully saturated rings. The molecule has 0 saturated heterocycles. The maximum absolute atomic E-state index is 2.34. The minimum absolute atomic E-state index is 0.0614. The Labute approximate surface area is 157 Å². The number of rotatable bonds is 4. The molecule has 0 aromatic heterocycles. The van der Waals surface area contributed by atoms with Crippen LogP contribution in [-0.2, 0) is 5.41 Å². The normalized spacial score (nSPS) is 16.2. The van der Waals surface area contributed by atoms with Gasteiger partial charge in [0.15, 0.2) is 0 Å². The summed E-state index contributed by atoms with van der Waals surface area (Å²) in [6.45, 7) is 0. The van der Waals surface area contributed by atoms with E-state index in [-0.39, 0.29) is 5.41 Å². The van der Waals surface area contributed by atoms with Crippen LogP contribution in [0.15, 0.2) is 91.0 Å². The second-order valence-electron chi connectivity index (χ2n) is 7.59. The van der Waals surface area contributed by atoms with Crippen LogP contribution in [0.1, 0.15) is 55.2 Å². The van der Waals surface area contributed by atoms with E-state index in [1.54, 1.807) is 0 Å². The molecule has 0 heteroatoms. The Kier molecular flexibility index (Phi) is 5.20. The third kappa shape index (κ3) is 3.09. The molecule has 4 rings (SSSR count). The Bertz CT molecular complexity index is 685. The van der Waals surface area contributed by atoms with Crippen molar-refractivity contribution in [3.05, 3.63) is 108 Å². The first-order chi connectivity index (χ1) is 12.9. The summed E-state index contributed by atoms with van der Waals surface area (Å²) in [6, 6.07) is 33.6. The highest BCUT2D eigenvalue weighted by molar-refractivity contribution is 5.51. The fourth-order valence-corrected chi connectivity index (χ4v) is 5.02. The van der Waals surface area contributed by atoms with E-state index in [1.807, 2.05) is 0 Å². The Morgan fingerprint density at radius 3 is 1.15 bits per heavy atom. The highest BCUT2D eigenvalue weighted by Gasteiger charge is 2.43.